The van der Waals surface area contributed by atoms with Gasteiger partial charge in [0.1, 0.15) is 5.75 Å². The summed E-state index contributed by atoms with van der Waals surface area (Å²) in [5.74, 6) is 0.452. The Kier molecular flexibility index (Phi) is 6.91. The molecule has 3 amide bonds. The van der Waals surface area contributed by atoms with E-state index >= 15 is 0 Å². The monoisotopic (exact) mass is 381 g/mol. The number of carbonyl (C=O) groups excluding carboxylic acids is 2. The standard InChI is InChI=1S/C17H17Cl2N3O3/c1-25-13-5-2-11(3-6-13)22-17(24)20-9-8-16(23)21-12-4-7-14(18)15(19)10-12/h2-7,10H,8-9H2,1H3,(H,21,23)(H2,20,22,24). The maximum absolute atomic E-state index is 11.8. The molecule has 0 fully saturated rings. The number of benzene rings is 2. The van der Waals surface area contributed by atoms with Gasteiger partial charge in [0.15, 0.2) is 0 Å². The third-order valence-electron chi connectivity index (χ3n) is 3.19. The number of rotatable bonds is 6. The summed E-state index contributed by atoms with van der Waals surface area (Å²) in [6.45, 7) is 0.190. The summed E-state index contributed by atoms with van der Waals surface area (Å²) < 4.78 is 5.04. The van der Waals surface area contributed by atoms with Gasteiger partial charge in [-0.2, -0.15) is 0 Å². The van der Waals surface area contributed by atoms with Gasteiger partial charge in [-0.3, -0.25) is 4.79 Å². The average molecular weight is 382 g/mol. The van der Waals surface area contributed by atoms with Gasteiger partial charge < -0.3 is 20.7 Å². The molecule has 0 aromatic heterocycles. The van der Waals surface area contributed by atoms with Gasteiger partial charge in [0.05, 0.1) is 17.2 Å². The molecule has 8 heteroatoms. The first kappa shape index (κ1) is 18.9. The van der Waals surface area contributed by atoms with E-state index in [9.17, 15) is 9.59 Å². The summed E-state index contributed by atoms with van der Waals surface area (Å²) in [4.78, 5) is 23.6. The van der Waals surface area contributed by atoms with E-state index in [-0.39, 0.29) is 18.9 Å². The molecule has 0 bridgehead atoms. The predicted molar refractivity (Wildman–Crippen MR) is 99.7 cm³/mol. The van der Waals surface area contributed by atoms with Gasteiger partial charge in [0.2, 0.25) is 5.91 Å². The van der Waals surface area contributed by atoms with Crippen molar-refractivity contribution in [3.05, 3.63) is 52.5 Å². The Hall–Kier alpha value is -2.44. The Morgan fingerprint density at radius 3 is 2.28 bits per heavy atom. The van der Waals surface area contributed by atoms with Gasteiger partial charge in [-0.1, -0.05) is 23.2 Å². The highest BCUT2D eigenvalue weighted by Crippen LogP contribution is 2.25. The molecule has 6 nitrogen and oxygen atoms in total. The van der Waals surface area contributed by atoms with Crippen LogP contribution in [-0.4, -0.2) is 25.6 Å². The lowest BCUT2D eigenvalue weighted by Gasteiger charge is -2.09. The Morgan fingerprint density at radius 1 is 0.960 bits per heavy atom. The summed E-state index contributed by atoms with van der Waals surface area (Å²) >= 11 is 11.7. The summed E-state index contributed by atoms with van der Waals surface area (Å²) in [6.07, 6.45) is 0.121. The molecule has 0 atom stereocenters. The maximum atomic E-state index is 11.8. The molecule has 25 heavy (non-hydrogen) atoms. The summed E-state index contributed by atoms with van der Waals surface area (Å²) in [5.41, 5.74) is 1.17. The van der Waals surface area contributed by atoms with E-state index in [2.05, 4.69) is 16.0 Å². The molecule has 2 aromatic rings. The minimum absolute atomic E-state index is 0.121. The zero-order valence-corrected chi connectivity index (χ0v) is 14.9. The van der Waals surface area contributed by atoms with Crippen LogP contribution in [0.2, 0.25) is 10.0 Å². The van der Waals surface area contributed by atoms with Crippen LogP contribution in [0.5, 0.6) is 5.75 Å². The van der Waals surface area contributed by atoms with Crippen molar-refractivity contribution in [1.82, 2.24) is 5.32 Å². The van der Waals surface area contributed by atoms with E-state index in [0.29, 0.717) is 27.2 Å². The lowest BCUT2D eigenvalue weighted by molar-refractivity contribution is -0.116. The summed E-state index contributed by atoms with van der Waals surface area (Å²) in [5, 5.41) is 8.72. The second-order valence-corrected chi connectivity index (χ2v) is 5.85. The number of ether oxygens (including phenoxy) is 1. The van der Waals surface area contributed by atoms with Gasteiger partial charge >= 0.3 is 6.03 Å². The highest BCUT2D eigenvalue weighted by molar-refractivity contribution is 6.42. The molecule has 0 unspecified atom stereocenters. The molecule has 2 rings (SSSR count). The Balaban J connectivity index is 1.72. The fraction of sp³-hybridized carbons (Fsp3) is 0.176. The minimum atomic E-state index is -0.396. The predicted octanol–water partition coefficient (Wildman–Crippen LogP) is 4.15. The van der Waals surface area contributed by atoms with Crippen LogP contribution in [0.25, 0.3) is 0 Å². The number of methoxy groups -OCH3 is 1. The third-order valence-corrected chi connectivity index (χ3v) is 3.93. The van der Waals surface area contributed by atoms with Crippen LogP contribution < -0.4 is 20.7 Å². The molecule has 3 N–H and O–H groups in total. The van der Waals surface area contributed by atoms with Crippen LogP contribution in [0.4, 0.5) is 16.2 Å². The SMILES string of the molecule is COc1ccc(NC(=O)NCCC(=O)Nc2ccc(Cl)c(Cl)c2)cc1. The molecule has 132 valence electrons. The van der Waals surface area contributed by atoms with Crippen molar-refractivity contribution in [3.8, 4) is 5.75 Å². The van der Waals surface area contributed by atoms with Crippen molar-refractivity contribution >= 4 is 46.5 Å². The Morgan fingerprint density at radius 2 is 1.64 bits per heavy atom. The normalized spacial score (nSPS) is 10.0. The van der Waals surface area contributed by atoms with Gasteiger partial charge in [-0.25, -0.2) is 4.79 Å². The van der Waals surface area contributed by atoms with E-state index in [4.69, 9.17) is 27.9 Å². The van der Waals surface area contributed by atoms with E-state index in [1.807, 2.05) is 0 Å². The first-order valence-electron chi connectivity index (χ1n) is 7.42. The van der Waals surface area contributed by atoms with Gasteiger partial charge in [-0.05, 0) is 42.5 Å². The lowest BCUT2D eigenvalue weighted by atomic mass is 10.3. The molecule has 0 aliphatic carbocycles. The molecule has 0 heterocycles. The van der Waals surface area contributed by atoms with Crippen molar-refractivity contribution in [1.29, 1.82) is 0 Å². The number of carbonyl (C=O) groups is 2. The van der Waals surface area contributed by atoms with E-state index in [0.717, 1.165) is 0 Å². The van der Waals surface area contributed by atoms with Crippen LogP contribution in [0, 0.1) is 0 Å². The molecular weight excluding hydrogens is 365 g/mol. The largest absolute Gasteiger partial charge is 0.497 e. The Bertz CT molecular complexity index is 751. The van der Waals surface area contributed by atoms with Crippen LogP contribution in [-0.2, 0) is 4.79 Å². The molecule has 0 saturated heterocycles. The molecule has 0 aliphatic heterocycles. The molecule has 0 aliphatic rings. The lowest BCUT2D eigenvalue weighted by Crippen LogP contribution is -2.31. The first-order valence-corrected chi connectivity index (χ1v) is 8.17. The maximum Gasteiger partial charge on any atom is 0.319 e. The van der Waals surface area contributed by atoms with Crippen LogP contribution in [0.15, 0.2) is 42.5 Å². The van der Waals surface area contributed by atoms with Crippen LogP contribution >= 0.6 is 23.2 Å². The fourth-order valence-corrected chi connectivity index (χ4v) is 2.23. The van der Waals surface area contributed by atoms with E-state index < -0.39 is 6.03 Å². The van der Waals surface area contributed by atoms with Crippen LogP contribution in [0.1, 0.15) is 6.42 Å². The third kappa shape index (κ3) is 6.17. The topological polar surface area (TPSA) is 79.5 Å². The van der Waals surface area contributed by atoms with Crippen molar-refractivity contribution in [3.63, 3.8) is 0 Å². The first-order chi connectivity index (χ1) is 12.0. The molecule has 2 aromatic carbocycles. The average Bonchev–Trinajstić information content (AvgIpc) is 2.59. The molecule has 0 saturated carbocycles. The van der Waals surface area contributed by atoms with E-state index in [1.165, 1.54) is 0 Å². The van der Waals surface area contributed by atoms with Crippen molar-refractivity contribution < 1.29 is 14.3 Å². The van der Waals surface area contributed by atoms with E-state index in [1.54, 1.807) is 49.6 Å². The molecular formula is C17H17Cl2N3O3. The summed E-state index contributed by atoms with van der Waals surface area (Å²) in [6, 6.07) is 11.3. The number of hydrogen-bond acceptors (Lipinski definition) is 3. The minimum Gasteiger partial charge on any atom is -0.497 e. The van der Waals surface area contributed by atoms with Crippen molar-refractivity contribution in [2.75, 3.05) is 24.3 Å². The Labute approximate surface area is 155 Å². The van der Waals surface area contributed by atoms with Crippen LogP contribution in [0.3, 0.4) is 0 Å². The molecule has 0 radical (unpaired) electrons. The smallest absolute Gasteiger partial charge is 0.319 e. The number of nitrogens with one attached hydrogen (secondary N) is 3. The second kappa shape index (κ2) is 9.15. The highest BCUT2D eigenvalue weighted by atomic mass is 35.5. The highest BCUT2D eigenvalue weighted by Gasteiger charge is 2.06. The number of amides is 3. The number of hydrogen-bond donors (Lipinski definition) is 3. The molecule has 0 spiro atoms. The second-order valence-electron chi connectivity index (χ2n) is 5.04. The number of urea groups is 1. The van der Waals surface area contributed by atoms with Crippen molar-refractivity contribution in [2.45, 2.75) is 6.42 Å². The number of halogens is 2. The fourth-order valence-electron chi connectivity index (χ4n) is 1.94. The summed E-state index contributed by atoms with van der Waals surface area (Å²) in [7, 11) is 1.57. The zero-order valence-electron chi connectivity index (χ0n) is 13.4. The van der Waals surface area contributed by atoms with Crippen molar-refractivity contribution in [2.24, 2.45) is 0 Å². The van der Waals surface area contributed by atoms with Gasteiger partial charge in [-0.15, -0.1) is 0 Å². The quantitative estimate of drug-likeness (QED) is 0.702. The zero-order chi connectivity index (χ0) is 18.2. The number of anilines is 2. The van der Waals surface area contributed by atoms with Gasteiger partial charge in [0.25, 0.3) is 0 Å². The van der Waals surface area contributed by atoms with Gasteiger partial charge in [0, 0.05) is 24.3 Å².